The molecule has 1 aliphatic rings. The van der Waals surface area contributed by atoms with Crippen LogP contribution in [0.3, 0.4) is 0 Å². The molecule has 1 aromatic carbocycles. The van der Waals surface area contributed by atoms with Crippen LogP contribution in [0.4, 0.5) is 4.79 Å². The molecule has 0 radical (unpaired) electrons. The molecule has 2 atom stereocenters. The highest BCUT2D eigenvalue weighted by Crippen LogP contribution is 2.31. The summed E-state index contributed by atoms with van der Waals surface area (Å²) in [6.45, 7) is 2.29. The summed E-state index contributed by atoms with van der Waals surface area (Å²) in [5, 5.41) is 0. The molecular formula is C14H17NO3. The fourth-order valence-corrected chi connectivity index (χ4v) is 2.11. The number of hydrogen-bond donors (Lipinski definition) is 0. The molecule has 4 heteroatoms. The van der Waals surface area contributed by atoms with Gasteiger partial charge in [0.05, 0.1) is 6.04 Å². The fourth-order valence-electron chi connectivity index (χ4n) is 2.11. The van der Waals surface area contributed by atoms with Gasteiger partial charge in [-0.05, 0) is 12.0 Å². The van der Waals surface area contributed by atoms with Crippen molar-refractivity contribution in [2.45, 2.75) is 38.5 Å². The third-order valence-corrected chi connectivity index (χ3v) is 3.12. The predicted molar refractivity (Wildman–Crippen MR) is 67.0 cm³/mol. The third-order valence-electron chi connectivity index (χ3n) is 3.12. The molecule has 1 fully saturated rings. The summed E-state index contributed by atoms with van der Waals surface area (Å²) in [6.07, 6.45) is 2.24. The van der Waals surface area contributed by atoms with Crippen LogP contribution in [0.5, 0.6) is 0 Å². The quantitative estimate of drug-likeness (QED) is 0.593. The molecule has 96 valence electrons. The standard InChI is InChI=1S/C14H17NO3/c1-2-6-12-13(9-16)15(12)14(17)18-10-11-7-4-3-5-8-11/h3-5,7-9,12-13H,2,6,10H2,1H3/t12-,13-,15?/m1/s1. The van der Waals surface area contributed by atoms with E-state index in [0.29, 0.717) is 0 Å². The number of ether oxygens (including phenoxy) is 1. The average molecular weight is 247 g/mol. The van der Waals surface area contributed by atoms with Crippen LogP contribution in [0.25, 0.3) is 0 Å². The Labute approximate surface area is 107 Å². The Balaban J connectivity index is 1.84. The van der Waals surface area contributed by atoms with Crippen LogP contribution in [-0.4, -0.2) is 29.4 Å². The van der Waals surface area contributed by atoms with Gasteiger partial charge in [-0.2, -0.15) is 0 Å². The van der Waals surface area contributed by atoms with Gasteiger partial charge in [0.25, 0.3) is 0 Å². The number of hydrogen-bond acceptors (Lipinski definition) is 3. The van der Waals surface area contributed by atoms with E-state index in [1.54, 1.807) is 0 Å². The van der Waals surface area contributed by atoms with Crippen molar-refractivity contribution in [1.29, 1.82) is 0 Å². The molecule has 0 spiro atoms. The number of rotatable bonds is 5. The van der Waals surface area contributed by atoms with Gasteiger partial charge in [0.1, 0.15) is 18.9 Å². The number of benzene rings is 1. The summed E-state index contributed by atoms with van der Waals surface area (Å²) in [6, 6.07) is 9.26. The molecule has 1 saturated heterocycles. The molecule has 1 amide bonds. The van der Waals surface area contributed by atoms with Gasteiger partial charge >= 0.3 is 6.09 Å². The first kappa shape index (κ1) is 12.6. The van der Waals surface area contributed by atoms with E-state index in [-0.39, 0.29) is 18.7 Å². The van der Waals surface area contributed by atoms with Crippen LogP contribution in [0.15, 0.2) is 30.3 Å². The molecule has 0 aliphatic carbocycles. The minimum Gasteiger partial charge on any atom is -0.445 e. The lowest BCUT2D eigenvalue weighted by Gasteiger charge is -2.06. The monoisotopic (exact) mass is 247 g/mol. The van der Waals surface area contributed by atoms with Crippen molar-refractivity contribution in [2.24, 2.45) is 0 Å². The first-order valence-corrected chi connectivity index (χ1v) is 6.22. The van der Waals surface area contributed by atoms with Gasteiger partial charge < -0.3 is 9.53 Å². The van der Waals surface area contributed by atoms with E-state index in [0.717, 1.165) is 24.7 Å². The SMILES string of the molecule is CCC[C@@H]1[C@@H](C=O)N1C(=O)OCc1ccccc1. The molecule has 0 saturated carbocycles. The summed E-state index contributed by atoms with van der Waals surface area (Å²) < 4.78 is 5.19. The maximum Gasteiger partial charge on any atom is 0.411 e. The van der Waals surface area contributed by atoms with Crippen molar-refractivity contribution in [3.05, 3.63) is 35.9 Å². The van der Waals surface area contributed by atoms with Crippen LogP contribution >= 0.6 is 0 Å². The Hall–Kier alpha value is -1.84. The smallest absolute Gasteiger partial charge is 0.411 e. The lowest BCUT2D eigenvalue weighted by atomic mass is 10.2. The zero-order valence-corrected chi connectivity index (χ0v) is 10.4. The van der Waals surface area contributed by atoms with Crippen molar-refractivity contribution in [3.63, 3.8) is 0 Å². The van der Waals surface area contributed by atoms with Crippen molar-refractivity contribution in [3.8, 4) is 0 Å². The summed E-state index contributed by atoms with van der Waals surface area (Å²) >= 11 is 0. The minimum absolute atomic E-state index is 0.0378. The Morgan fingerprint density at radius 3 is 2.72 bits per heavy atom. The number of nitrogens with zero attached hydrogens (tertiary/aromatic N) is 1. The summed E-state index contributed by atoms with van der Waals surface area (Å²) in [7, 11) is 0. The Kier molecular flexibility index (Phi) is 3.97. The van der Waals surface area contributed by atoms with Crippen LogP contribution in [0.2, 0.25) is 0 Å². The topological polar surface area (TPSA) is 46.4 Å². The van der Waals surface area contributed by atoms with Crippen molar-refractivity contribution in [1.82, 2.24) is 4.90 Å². The zero-order chi connectivity index (χ0) is 13.0. The summed E-state index contributed by atoms with van der Waals surface area (Å²) in [5.41, 5.74) is 0.947. The largest absolute Gasteiger partial charge is 0.445 e. The predicted octanol–water partition coefficient (Wildman–Crippen LogP) is 2.38. The van der Waals surface area contributed by atoms with E-state index < -0.39 is 6.09 Å². The Morgan fingerprint density at radius 1 is 1.39 bits per heavy atom. The molecule has 1 aromatic rings. The maximum absolute atomic E-state index is 11.8. The van der Waals surface area contributed by atoms with E-state index in [1.807, 2.05) is 37.3 Å². The van der Waals surface area contributed by atoms with E-state index in [9.17, 15) is 9.59 Å². The van der Waals surface area contributed by atoms with Crippen molar-refractivity contribution in [2.75, 3.05) is 0 Å². The van der Waals surface area contributed by atoms with Crippen LogP contribution in [0, 0.1) is 0 Å². The van der Waals surface area contributed by atoms with Gasteiger partial charge in [0.2, 0.25) is 0 Å². The minimum atomic E-state index is -0.394. The van der Waals surface area contributed by atoms with Gasteiger partial charge in [-0.15, -0.1) is 0 Å². The molecule has 18 heavy (non-hydrogen) atoms. The highest BCUT2D eigenvalue weighted by atomic mass is 16.6. The molecular weight excluding hydrogens is 230 g/mol. The van der Waals surface area contributed by atoms with Crippen molar-refractivity contribution >= 4 is 12.4 Å². The first-order chi connectivity index (χ1) is 8.77. The number of carbonyl (C=O) groups is 2. The molecule has 2 rings (SSSR count). The van der Waals surface area contributed by atoms with Gasteiger partial charge in [-0.3, -0.25) is 4.90 Å². The van der Waals surface area contributed by atoms with Crippen LogP contribution in [-0.2, 0) is 16.1 Å². The van der Waals surface area contributed by atoms with E-state index >= 15 is 0 Å². The van der Waals surface area contributed by atoms with Crippen LogP contribution in [0.1, 0.15) is 25.3 Å². The van der Waals surface area contributed by atoms with Crippen LogP contribution < -0.4 is 0 Å². The molecule has 4 nitrogen and oxygen atoms in total. The lowest BCUT2D eigenvalue weighted by molar-refractivity contribution is -0.108. The highest BCUT2D eigenvalue weighted by Gasteiger charge is 2.51. The number of amides is 1. The first-order valence-electron chi connectivity index (χ1n) is 6.22. The van der Waals surface area contributed by atoms with Crippen molar-refractivity contribution < 1.29 is 14.3 Å². The lowest BCUT2D eigenvalue weighted by Crippen LogP contribution is -2.16. The zero-order valence-electron chi connectivity index (χ0n) is 10.4. The van der Waals surface area contributed by atoms with Gasteiger partial charge in [-0.25, -0.2) is 4.79 Å². The number of carbonyl (C=O) groups excluding carboxylic acids is 2. The summed E-state index contributed by atoms with van der Waals surface area (Å²) in [4.78, 5) is 24.1. The second-order valence-electron chi connectivity index (χ2n) is 4.43. The van der Waals surface area contributed by atoms with Gasteiger partial charge in [-0.1, -0.05) is 43.7 Å². The molecule has 0 unspecified atom stereocenters. The van der Waals surface area contributed by atoms with E-state index in [2.05, 4.69) is 0 Å². The number of aldehydes is 1. The molecule has 0 bridgehead atoms. The molecule has 1 aliphatic heterocycles. The fraction of sp³-hybridized carbons (Fsp3) is 0.429. The van der Waals surface area contributed by atoms with E-state index in [4.69, 9.17) is 4.74 Å². The van der Waals surface area contributed by atoms with E-state index in [1.165, 1.54) is 4.90 Å². The average Bonchev–Trinajstić information content (AvgIpc) is 3.11. The molecule has 1 heterocycles. The Morgan fingerprint density at radius 2 is 2.11 bits per heavy atom. The second-order valence-corrected chi connectivity index (χ2v) is 4.43. The highest BCUT2D eigenvalue weighted by molar-refractivity contribution is 5.80. The maximum atomic E-state index is 11.8. The third kappa shape index (κ3) is 2.70. The van der Waals surface area contributed by atoms with Gasteiger partial charge in [0, 0.05) is 0 Å². The molecule has 0 aromatic heterocycles. The second kappa shape index (κ2) is 5.67. The van der Waals surface area contributed by atoms with Gasteiger partial charge in [0.15, 0.2) is 0 Å². The molecule has 0 N–H and O–H groups in total. The summed E-state index contributed by atoms with van der Waals surface area (Å²) in [5.74, 6) is 0. The Bertz CT molecular complexity index is 418. The normalized spacial score (nSPS) is 21.5.